The molecule has 2 heterocycles. The average Bonchev–Trinajstić information content (AvgIpc) is 2.89. The fourth-order valence-electron chi connectivity index (χ4n) is 2.08. The molecule has 106 valence electrons. The third kappa shape index (κ3) is 2.66. The van der Waals surface area contributed by atoms with E-state index in [1.54, 1.807) is 16.9 Å². The second-order valence-corrected chi connectivity index (χ2v) is 4.63. The summed E-state index contributed by atoms with van der Waals surface area (Å²) < 4.78 is 1.79. The molecule has 0 radical (unpaired) electrons. The molecule has 0 aliphatic carbocycles. The average molecular weight is 283 g/mol. The second-order valence-electron chi connectivity index (χ2n) is 4.63. The summed E-state index contributed by atoms with van der Waals surface area (Å²) in [6.07, 6.45) is 1.74. The number of hydrogen-bond acceptors (Lipinski definition) is 5. The van der Waals surface area contributed by atoms with Gasteiger partial charge in [-0.25, -0.2) is 4.98 Å². The maximum atomic E-state index is 10.7. The molecule has 2 aromatic heterocycles. The number of fused-ring (bicyclic) bond motifs is 1. The molecule has 0 aliphatic rings. The number of rotatable bonds is 4. The largest absolute Gasteiger partial charge is 0.364 e. The Kier molecular flexibility index (Phi) is 3.23. The lowest BCUT2D eigenvalue weighted by Gasteiger charge is -2.07. The molecule has 0 aliphatic heterocycles. The van der Waals surface area contributed by atoms with Crippen LogP contribution in [0.5, 0.6) is 0 Å². The molecule has 0 saturated carbocycles. The topological polar surface area (TPSA) is 85.9 Å². The highest BCUT2D eigenvalue weighted by Gasteiger charge is 2.07. The monoisotopic (exact) mass is 283 g/mol. The molecular weight excluding hydrogens is 270 g/mol. The molecule has 0 spiro atoms. The second kappa shape index (κ2) is 5.20. The van der Waals surface area contributed by atoms with Crippen LogP contribution in [0.3, 0.4) is 0 Å². The summed E-state index contributed by atoms with van der Waals surface area (Å²) in [5.74, 6) is 0.720. The summed E-state index contributed by atoms with van der Waals surface area (Å²) in [6.45, 7) is 0.613. The Labute approximate surface area is 120 Å². The van der Waals surface area contributed by atoms with Crippen LogP contribution in [0.25, 0.3) is 10.9 Å². The molecule has 3 aromatic rings. The number of nitrogens with one attached hydrogen (secondary N) is 1. The highest BCUT2D eigenvalue weighted by atomic mass is 16.6. The van der Waals surface area contributed by atoms with Gasteiger partial charge < -0.3 is 5.32 Å². The van der Waals surface area contributed by atoms with Crippen LogP contribution >= 0.6 is 0 Å². The predicted octanol–water partition coefficient (Wildman–Crippen LogP) is 2.49. The zero-order chi connectivity index (χ0) is 14.8. The van der Waals surface area contributed by atoms with Crippen molar-refractivity contribution in [1.82, 2.24) is 14.8 Å². The lowest BCUT2D eigenvalue weighted by Crippen LogP contribution is -2.06. The Morgan fingerprint density at radius 2 is 2.14 bits per heavy atom. The maximum absolute atomic E-state index is 10.7. The van der Waals surface area contributed by atoms with E-state index in [9.17, 15) is 10.1 Å². The van der Waals surface area contributed by atoms with Gasteiger partial charge in [0.1, 0.15) is 5.82 Å². The molecule has 3 rings (SSSR count). The molecule has 7 nitrogen and oxygen atoms in total. The van der Waals surface area contributed by atoms with Crippen LogP contribution in [-0.2, 0) is 13.6 Å². The number of benzene rings is 1. The summed E-state index contributed by atoms with van der Waals surface area (Å²) in [5.41, 5.74) is 1.83. The van der Waals surface area contributed by atoms with Gasteiger partial charge in [-0.1, -0.05) is 0 Å². The number of aryl methyl sites for hydroxylation is 1. The van der Waals surface area contributed by atoms with Gasteiger partial charge in [0.05, 0.1) is 22.7 Å². The maximum Gasteiger partial charge on any atom is 0.270 e. The van der Waals surface area contributed by atoms with Crippen molar-refractivity contribution < 1.29 is 4.92 Å². The number of non-ortho nitro benzene ring substituents is 1. The van der Waals surface area contributed by atoms with Gasteiger partial charge in [0.25, 0.3) is 5.69 Å². The Morgan fingerprint density at radius 3 is 2.86 bits per heavy atom. The Hall–Kier alpha value is -2.96. The minimum Gasteiger partial charge on any atom is -0.364 e. The van der Waals surface area contributed by atoms with Crippen molar-refractivity contribution in [2.45, 2.75) is 6.54 Å². The number of nitro groups is 1. The SMILES string of the molecule is Cn1nccc1CNc1ccc2cc([N+](=O)[O-])ccc2n1. The molecule has 0 fully saturated rings. The molecule has 1 aromatic carbocycles. The fourth-order valence-corrected chi connectivity index (χ4v) is 2.08. The van der Waals surface area contributed by atoms with Crippen molar-refractivity contribution in [3.05, 3.63) is 58.4 Å². The third-order valence-corrected chi connectivity index (χ3v) is 3.26. The zero-order valence-corrected chi connectivity index (χ0v) is 11.4. The van der Waals surface area contributed by atoms with Crippen molar-refractivity contribution >= 4 is 22.4 Å². The fraction of sp³-hybridized carbons (Fsp3) is 0.143. The molecule has 7 heteroatoms. The first-order valence-electron chi connectivity index (χ1n) is 6.39. The van der Waals surface area contributed by atoms with Gasteiger partial charge in [-0.15, -0.1) is 0 Å². The number of nitrogens with zero attached hydrogens (tertiary/aromatic N) is 4. The first kappa shape index (κ1) is 13.0. The van der Waals surface area contributed by atoms with E-state index in [0.717, 1.165) is 22.4 Å². The predicted molar refractivity (Wildman–Crippen MR) is 78.9 cm³/mol. The van der Waals surface area contributed by atoms with Crippen LogP contribution in [0.4, 0.5) is 11.5 Å². The minimum atomic E-state index is -0.409. The number of aromatic nitrogens is 3. The van der Waals surface area contributed by atoms with Crippen molar-refractivity contribution in [2.75, 3.05) is 5.32 Å². The van der Waals surface area contributed by atoms with Gasteiger partial charge in [-0.3, -0.25) is 14.8 Å². The Bertz CT molecular complexity index is 812. The number of nitro benzene ring substituents is 1. The summed E-state index contributed by atoms with van der Waals surface area (Å²) in [4.78, 5) is 14.8. The van der Waals surface area contributed by atoms with E-state index < -0.39 is 4.92 Å². The molecular formula is C14H13N5O2. The van der Waals surface area contributed by atoms with Crippen LogP contribution in [0.2, 0.25) is 0 Å². The normalized spacial score (nSPS) is 10.7. The van der Waals surface area contributed by atoms with Crippen LogP contribution in [0.1, 0.15) is 5.69 Å². The lowest BCUT2D eigenvalue weighted by atomic mass is 10.2. The molecule has 1 N–H and O–H groups in total. The molecule has 0 atom stereocenters. The van der Waals surface area contributed by atoms with Gasteiger partial charge >= 0.3 is 0 Å². The highest BCUT2D eigenvalue weighted by molar-refractivity contribution is 5.82. The zero-order valence-electron chi connectivity index (χ0n) is 11.4. The van der Waals surface area contributed by atoms with E-state index in [0.29, 0.717) is 6.54 Å². The molecule has 0 bridgehead atoms. The van der Waals surface area contributed by atoms with Crippen molar-refractivity contribution in [2.24, 2.45) is 7.05 Å². The highest BCUT2D eigenvalue weighted by Crippen LogP contribution is 2.21. The lowest BCUT2D eigenvalue weighted by molar-refractivity contribution is -0.384. The van der Waals surface area contributed by atoms with Crippen LogP contribution in [0.15, 0.2) is 42.6 Å². The van der Waals surface area contributed by atoms with Crippen LogP contribution < -0.4 is 5.32 Å². The first-order chi connectivity index (χ1) is 10.1. The molecule has 0 unspecified atom stereocenters. The van der Waals surface area contributed by atoms with E-state index in [1.165, 1.54) is 12.1 Å². The molecule has 0 amide bonds. The van der Waals surface area contributed by atoms with Gasteiger partial charge in [-0.2, -0.15) is 5.10 Å². The first-order valence-corrected chi connectivity index (χ1v) is 6.39. The van der Waals surface area contributed by atoms with E-state index in [4.69, 9.17) is 0 Å². The third-order valence-electron chi connectivity index (χ3n) is 3.26. The van der Waals surface area contributed by atoms with Gasteiger partial charge in [0.2, 0.25) is 0 Å². The molecule has 21 heavy (non-hydrogen) atoms. The van der Waals surface area contributed by atoms with Gasteiger partial charge in [-0.05, 0) is 24.3 Å². The Morgan fingerprint density at radius 1 is 1.29 bits per heavy atom. The summed E-state index contributed by atoms with van der Waals surface area (Å²) >= 11 is 0. The number of pyridine rings is 1. The smallest absolute Gasteiger partial charge is 0.270 e. The van der Waals surface area contributed by atoms with E-state index in [1.807, 2.05) is 25.2 Å². The Balaban J connectivity index is 1.82. The van der Waals surface area contributed by atoms with Crippen LogP contribution in [-0.4, -0.2) is 19.7 Å². The summed E-state index contributed by atoms with van der Waals surface area (Å²) in [6, 6.07) is 10.2. The quantitative estimate of drug-likeness (QED) is 0.587. The van der Waals surface area contributed by atoms with E-state index in [2.05, 4.69) is 15.4 Å². The van der Waals surface area contributed by atoms with Gasteiger partial charge in [0.15, 0.2) is 0 Å². The summed E-state index contributed by atoms with van der Waals surface area (Å²) in [5, 5.41) is 18.8. The van der Waals surface area contributed by atoms with E-state index >= 15 is 0 Å². The van der Waals surface area contributed by atoms with Crippen molar-refractivity contribution in [1.29, 1.82) is 0 Å². The molecule has 0 saturated heterocycles. The number of hydrogen-bond donors (Lipinski definition) is 1. The van der Waals surface area contributed by atoms with Crippen molar-refractivity contribution in [3.63, 3.8) is 0 Å². The standard InChI is InChI=1S/C14H13N5O2/c1-18-12(6-7-16-18)9-15-14-5-2-10-8-11(19(20)21)3-4-13(10)17-14/h2-8H,9H2,1H3,(H,15,17). The number of anilines is 1. The van der Waals surface area contributed by atoms with Crippen molar-refractivity contribution in [3.8, 4) is 0 Å². The van der Waals surface area contributed by atoms with Crippen LogP contribution in [0, 0.1) is 10.1 Å². The minimum absolute atomic E-state index is 0.0693. The summed E-state index contributed by atoms with van der Waals surface area (Å²) in [7, 11) is 1.88. The van der Waals surface area contributed by atoms with Gasteiger partial charge in [0, 0.05) is 30.8 Å². The van der Waals surface area contributed by atoms with E-state index in [-0.39, 0.29) is 5.69 Å².